The molecular weight excluding hydrogens is 394 g/mol. The number of hydrogen-bond acceptors (Lipinski definition) is 2. The van der Waals surface area contributed by atoms with E-state index in [9.17, 15) is 9.59 Å². The lowest BCUT2D eigenvalue weighted by molar-refractivity contribution is 0.179. The number of rotatable bonds is 1. The Hall–Kier alpha value is -1.79. The molecule has 1 saturated heterocycles. The van der Waals surface area contributed by atoms with E-state index in [1.807, 2.05) is 17.0 Å². The van der Waals surface area contributed by atoms with Gasteiger partial charge in [-0.05, 0) is 64.5 Å². The normalized spacial score (nSPS) is 21.5. The van der Waals surface area contributed by atoms with E-state index in [2.05, 4.69) is 26.2 Å². The molecule has 4 rings (SSSR count). The molecule has 7 heteroatoms. The number of carbonyl (C=O) groups excluding carboxylic acids is 1. The third-order valence-electron chi connectivity index (χ3n) is 4.77. The molecule has 5 nitrogen and oxygen atoms in total. The van der Waals surface area contributed by atoms with Crippen LogP contribution in [0.4, 0.5) is 10.5 Å². The van der Waals surface area contributed by atoms with Crippen molar-refractivity contribution in [1.29, 1.82) is 0 Å². The van der Waals surface area contributed by atoms with Gasteiger partial charge in [-0.3, -0.25) is 4.79 Å². The zero-order valence-electron chi connectivity index (χ0n) is 12.7. The van der Waals surface area contributed by atoms with Crippen LogP contribution in [0, 0.1) is 0 Å². The average Bonchev–Trinajstić information content (AvgIpc) is 2.86. The number of halogens is 2. The molecule has 2 amide bonds. The number of aromatic nitrogens is 1. The second-order valence-corrected chi connectivity index (χ2v) is 7.46. The third kappa shape index (κ3) is 2.63. The van der Waals surface area contributed by atoms with Crippen LogP contribution in [0.1, 0.15) is 30.0 Å². The zero-order chi connectivity index (χ0) is 16.8. The van der Waals surface area contributed by atoms with Gasteiger partial charge in [-0.2, -0.15) is 0 Å². The van der Waals surface area contributed by atoms with E-state index in [-0.39, 0.29) is 23.7 Å². The van der Waals surface area contributed by atoms with Gasteiger partial charge in [0, 0.05) is 28.5 Å². The molecule has 2 aromatic rings. The molecule has 0 radical (unpaired) electrons. The molecule has 0 spiro atoms. The summed E-state index contributed by atoms with van der Waals surface area (Å²) in [6, 6.07) is 7.02. The second kappa shape index (κ2) is 5.93. The van der Waals surface area contributed by atoms with Crippen molar-refractivity contribution in [2.45, 2.75) is 31.3 Å². The van der Waals surface area contributed by atoms with Gasteiger partial charge in [0.1, 0.15) is 0 Å². The van der Waals surface area contributed by atoms with Gasteiger partial charge < -0.3 is 15.2 Å². The Balaban J connectivity index is 1.60. The van der Waals surface area contributed by atoms with Crippen molar-refractivity contribution in [3.05, 3.63) is 61.4 Å². The Bertz CT molecular complexity index is 882. The van der Waals surface area contributed by atoms with Gasteiger partial charge in [-0.1, -0.05) is 11.6 Å². The lowest BCUT2D eigenvalue weighted by atomic mass is 9.95. The highest BCUT2D eigenvalue weighted by molar-refractivity contribution is 9.10. The minimum Gasteiger partial charge on any atom is -0.329 e. The zero-order valence-corrected chi connectivity index (χ0v) is 15.0. The van der Waals surface area contributed by atoms with E-state index in [1.165, 1.54) is 0 Å². The number of aromatic amines is 1. The molecular formula is C17H15BrClN3O2. The molecule has 0 saturated carbocycles. The topological polar surface area (TPSA) is 65.2 Å². The summed E-state index contributed by atoms with van der Waals surface area (Å²) in [6.07, 6.45) is 4.34. The van der Waals surface area contributed by atoms with Gasteiger partial charge in [0.25, 0.3) is 0 Å². The number of H-pyrrole nitrogens is 1. The Morgan fingerprint density at radius 1 is 1.33 bits per heavy atom. The van der Waals surface area contributed by atoms with E-state index in [1.54, 1.807) is 18.3 Å². The maximum Gasteiger partial charge on any atom is 0.322 e. The van der Waals surface area contributed by atoms with E-state index in [0.717, 1.165) is 34.9 Å². The number of anilines is 1. The SMILES string of the molecule is O=C(Nc1ccc(Br)c(Cl)c1)N1C2CCC1c1c[nH]c(=O)cc1C2. The van der Waals surface area contributed by atoms with Crippen LogP contribution in [0.25, 0.3) is 0 Å². The quantitative estimate of drug-likeness (QED) is 0.746. The molecule has 2 bridgehead atoms. The summed E-state index contributed by atoms with van der Waals surface area (Å²) in [5.41, 5.74) is 2.68. The van der Waals surface area contributed by atoms with Crippen LogP contribution >= 0.6 is 27.5 Å². The standard InChI is InChI=1S/C17H15BrClN3O2/c18-13-3-1-10(7-14(13)19)21-17(24)22-11-2-4-15(22)12-8-20-16(23)6-9(12)5-11/h1,3,6-8,11,15H,2,4-5H2,(H,20,23)(H,21,24). The number of pyridine rings is 1. The second-order valence-electron chi connectivity index (χ2n) is 6.20. The third-order valence-corrected chi connectivity index (χ3v) is 6.00. The van der Waals surface area contributed by atoms with Crippen LogP contribution < -0.4 is 10.9 Å². The molecule has 1 fully saturated rings. The van der Waals surface area contributed by atoms with Crippen molar-refractivity contribution >= 4 is 39.2 Å². The van der Waals surface area contributed by atoms with Crippen molar-refractivity contribution in [3.63, 3.8) is 0 Å². The summed E-state index contributed by atoms with van der Waals surface area (Å²) in [5.74, 6) is 0. The number of fused-ring (bicyclic) bond motifs is 4. The number of urea groups is 1. The van der Waals surface area contributed by atoms with Crippen molar-refractivity contribution in [2.75, 3.05) is 5.32 Å². The lowest BCUT2D eigenvalue weighted by Gasteiger charge is -2.36. The number of benzene rings is 1. The molecule has 124 valence electrons. The smallest absolute Gasteiger partial charge is 0.322 e. The molecule has 2 aliphatic rings. The van der Waals surface area contributed by atoms with Crippen LogP contribution in [-0.4, -0.2) is 22.0 Å². The maximum atomic E-state index is 12.8. The molecule has 2 N–H and O–H groups in total. The van der Waals surface area contributed by atoms with Gasteiger partial charge in [0.2, 0.25) is 5.56 Å². The predicted octanol–water partition coefficient (Wildman–Crippen LogP) is 4.08. The fourth-order valence-electron chi connectivity index (χ4n) is 3.72. The highest BCUT2D eigenvalue weighted by Crippen LogP contribution is 2.43. The summed E-state index contributed by atoms with van der Waals surface area (Å²) >= 11 is 9.43. The average molecular weight is 409 g/mol. The van der Waals surface area contributed by atoms with E-state index >= 15 is 0 Å². The summed E-state index contributed by atoms with van der Waals surface area (Å²) < 4.78 is 0.790. The van der Waals surface area contributed by atoms with Gasteiger partial charge in [0.05, 0.1) is 11.1 Å². The minimum atomic E-state index is -0.127. The van der Waals surface area contributed by atoms with Crippen molar-refractivity contribution in [3.8, 4) is 0 Å². The Morgan fingerprint density at radius 2 is 2.17 bits per heavy atom. The number of amides is 2. The van der Waals surface area contributed by atoms with Gasteiger partial charge >= 0.3 is 6.03 Å². The lowest BCUT2D eigenvalue weighted by Crippen LogP contribution is -2.44. The van der Waals surface area contributed by atoms with Gasteiger partial charge in [-0.25, -0.2) is 4.79 Å². The van der Waals surface area contributed by atoms with Crippen molar-refractivity contribution in [1.82, 2.24) is 9.88 Å². The first-order valence-corrected chi connectivity index (χ1v) is 8.96. The molecule has 3 heterocycles. The molecule has 2 unspecified atom stereocenters. The van der Waals surface area contributed by atoms with E-state index < -0.39 is 0 Å². The molecule has 0 aliphatic carbocycles. The minimum absolute atomic E-state index is 0.0153. The summed E-state index contributed by atoms with van der Waals surface area (Å²) in [4.78, 5) is 28.9. The van der Waals surface area contributed by atoms with Crippen LogP contribution in [0.5, 0.6) is 0 Å². The van der Waals surface area contributed by atoms with Gasteiger partial charge in [0.15, 0.2) is 0 Å². The number of hydrogen-bond donors (Lipinski definition) is 2. The largest absolute Gasteiger partial charge is 0.329 e. The first-order valence-electron chi connectivity index (χ1n) is 7.79. The fourth-order valence-corrected chi connectivity index (χ4v) is 4.15. The first-order chi connectivity index (χ1) is 11.5. The van der Waals surface area contributed by atoms with Crippen molar-refractivity contribution in [2.24, 2.45) is 0 Å². The van der Waals surface area contributed by atoms with Gasteiger partial charge in [-0.15, -0.1) is 0 Å². The fraction of sp³-hybridized carbons (Fsp3) is 0.294. The summed E-state index contributed by atoms with van der Waals surface area (Å²) in [5, 5.41) is 3.49. The molecule has 2 atom stereocenters. The molecule has 2 aliphatic heterocycles. The van der Waals surface area contributed by atoms with Crippen LogP contribution in [0.3, 0.4) is 0 Å². The Morgan fingerprint density at radius 3 is 2.96 bits per heavy atom. The Labute approximate surface area is 152 Å². The number of nitrogens with zero attached hydrogens (tertiary/aromatic N) is 1. The van der Waals surface area contributed by atoms with Crippen molar-refractivity contribution < 1.29 is 4.79 Å². The van der Waals surface area contributed by atoms with Crippen LogP contribution in [0.15, 0.2) is 39.7 Å². The van der Waals surface area contributed by atoms with Crippen LogP contribution in [0.2, 0.25) is 5.02 Å². The number of carbonyl (C=O) groups is 1. The van der Waals surface area contributed by atoms with Crippen LogP contribution in [-0.2, 0) is 6.42 Å². The monoisotopic (exact) mass is 407 g/mol. The predicted molar refractivity (Wildman–Crippen MR) is 96.5 cm³/mol. The summed E-state index contributed by atoms with van der Waals surface area (Å²) in [6.45, 7) is 0. The highest BCUT2D eigenvalue weighted by Gasteiger charge is 2.42. The van der Waals surface area contributed by atoms with E-state index in [4.69, 9.17) is 11.6 Å². The first kappa shape index (κ1) is 15.7. The van der Waals surface area contributed by atoms with E-state index in [0.29, 0.717) is 10.7 Å². The number of nitrogens with one attached hydrogen (secondary N) is 2. The Kier molecular flexibility index (Phi) is 3.89. The summed E-state index contributed by atoms with van der Waals surface area (Å²) in [7, 11) is 0. The highest BCUT2D eigenvalue weighted by atomic mass is 79.9. The maximum absolute atomic E-state index is 12.8. The molecule has 1 aromatic heterocycles. The molecule has 24 heavy (non-hydrogen) atoms. The molecule has 1 aromatic carbocycles.